The van der Waals surface area contributed by atoms with Crippen LogP contribution in [0.5, 0.6) is 11.5 Å². The number of unbranched alkanes of at least 4 members (excludes halogenated alkanes) is 1. The van der Waals surface area contributed by atoms with Crippen LogP contribution >= 0.6 is 11.6 Å². The molecule has 0 radical (unpaired) electrons. The highest BCUT2D eigenvalue weighted by Gasteiger charge is 2.36. The molecule has 4 aromatic carbocycles. The van der Waals surface area contributed by atoms with Gasteiger partial charge in [-0.1, -0.05) is 80.4 Å². The molecule has 5 N–H and O–H groups in total. The van der Waals surface area contributed by atoms with E-state index in [1.807, 2.05) is 24.3 Å². The molecule has 1 aliphatic rings. The lowest BCUT2D eigenvalue weighted by atomic mass is 9.87. The minimum Gasteiger partial charge on any atom is -0.507 e. The predicted molar refractivity (Wildman–Crippen MR) is 238 cm³/mol. The smallest absolute Gasteiger partial charge is 0.341 e. The number of carbonyl (C=O) groups is 7. The number of benzene rings is 4. The number of nitrogens with two attached hydrogens (primary N) is 1. The first-order valence-electron chi connectivity index (χ1n) is 21.0. The largest absolute Gasteiger partial charge is 0.507 e. The molecule has 63 heavy (non-hydrogen) atoms. The van der Waals surface area contributed by atoms with Crippen molar-refractivity contribution in [1.29, 1.82) is 0 Å². The number of nitrogens with one attached hydrogen (secondary N) is 1. The number of hydrogen-bond donors (Lipinski definition) is 4. The van der Waals surface area contributed by atoms with E-state index in [1.54, 1.807) is 43.3 Å². The molecule has 2 amide bonds. The molecule has 0 aromatic heterocycles. The Hall–Kier alpha value is -6.18. The zero-order valence-corrected chi connectivity index (χ0v) is 36.7. The summed E-state index contributed by atoms with van der Waals surface area (Å²) in [6.45, 7) is 4.17. The van der Waals surface area contributed by atoms with E-state index < -0.39 is 65.8 Å². The zero-order valence-electron chi connectivity index (χ0n) is 35.9. The molecule has 0 aliphatic carbocycles. The summed E-state index contributed by atoms with van der Waals surface area (Å²) in [7, 11) is 1.46. The van der Waals surface area contributed by atoms with Crippen molar-refractivity contribution in [2.75, 3.05) is 20.2 Å². The first-order valence-corrected chi connectivity index (χ1v) is 21.4. The van der Waals surface area contributed by atoms with E-state index in [0.29, 0.717) is 42.0 Å². The molecule has 14 heteroatoms. The van der Waals surface area contributed by atoms with Gasteiger partial charge < -0.3 is 30.9 Å². The van der Waals surface area contributed by atoms with E-state index >= 15 is 0 Å². The Morgan fingerprint density at radius 2 is 1.56 bits per heavy atom. The summed E-state index contributed by atoms with van der Waals surface area (Å²) in [6, 6.07) is 20.9. The Bertz CT molecular complexity index is 2350. The molecule has 332 valence electrons. The van der Waals surface area contributed by atoms with Gasteiger partial charge in [-0.2, -0.15) is 0 Å². The number of nitrogens with zero attached hydrogens (tertiary/aromatic N) is 1. The van der Waals surface area contributed by atoms with Crippen molar-refractivity contribution in [3.63, 3.8) is 0 Å². The number of likely N-dealkylation sites (N-methyl/N-ethyl adjacent to an activating group) is 1. The van der Waals surface area contributed by atoms with Crippen LogP contribution in [-0.2, 0) is 35.2 Å². The second-order valence-corrected chi connectivity index (χ2v) is 16.8. The number of fused-ring (bicyclic) bond motifs is 5. The Kier molecular flexibility index (Phi) is 16.5. The summed E-state index contributed by atoms with van der Waals surface area (Å²) in [5, 5.41) is 24.1. The Morgan fingerprint density at radius 3 is 2.19 bits per heavy atom. The van der Waals surface area contributed by atoms with Gasteiger partial charge in [-0.05, 0) is 91.4 Å². The highest BCUT2D eigenvalue weighted by atomic mass is 35.5. The molecule has 5 atom stereocenters. The Labute approximate surface area is 372 Å². The van der Waals surface area contributed by atoms with Crippen LogP contribution in [0.25, 0.3) is 22.3 Å². The van der Waals surface area contributed by atoms with Crippen LogP contribution in [0.3, 0.4) is 0 Å². The lowest BCUT2D eigenvalue weighted by molar-refractivity contribution is -0.142. The van der Waals surface area contributed by atoms with Gasteiger partial charge in [0.1, 0.15) is 23.3 Å². The van der Waals surface area contributed by atoms with Gasteiger partial charge in [0.15, 0.2) is 24.0 Å². The summed E-state index contributed by atoms with van der Waals surface area (Å²) in [6.07, 6.45) is 0.711. The first-order chi connectivity index (χ1) is 30.0. The quantitative estimate of drug-likeness (QED) is 0.0617. The van der Waals surface area contributed by atoms with E-state index in [4.69, 9.17) is 22.1 Å². The fraction of sp³-hybridized carbons (Fsp3) is 0.367. The Morgan fingerprint density at radius 1 is 0.889 bits per heavy atom. The minimum absolute atomic E-state index is 0.0230. The first kappa shape index (κ1) is 47.9. The van der Waals surface area contributed by atoms with E-state index in [0.717, 1.165) is 11.1 Å². The van der Waals surface area contributed by atoms with Gasteiger partial charge in [0.2, 0.25) is 11.8 Å². The lowest BCUT2D eigenvalue weighted by Crippen LogP contribution is -2.46. The number of carboxylic acid groups (broad SMARTS) is 1. The third-order valence-corrected chi connectivity index (χ3v) is 11.8. The molecule has 1 aliphatic heterocycles. The fourth-order valence-electron chi connectivity index (χ4n) is 7.73. The van der Waals surface area contributed by atoms with Crippen molar-refractivity contribution < 1.29 is 48.5 Å². The number of hydrogen-bond acceptors (Lipinski definition) is 10. The molecule has 13 nitrogen and oxygen atoms in total. The van der Waals surface area contributed by atoms with E-state index in [1.165, 1.54) is 50.1 Å². The molecular weight excluding hydrogens is 826 g/mol. The minimum atomic E-state index is -1.33. The van der Waals surface area contributed by atoms with Crippen LogP contribution in [0.4, 0.5) is 0 Å². The number of aromatic hydroxyl groups is 1. The number of carbonyl (C=O) groups excluding carboxylic acids is 6. The average Bonchev–Trinajstić information content (AvgIpc) is 3.25. The molecule has 0 unspecified atom stereocenters. The number of halogens is 1. The van der Waals surface area contributed by atoms with Gasteiger partial charge in [-0.3, -0.25) is 28.8 Å². The average molecular weight is 880 g/mol. The molecular formula is C49H54ClN3O10. The maximum Gasteiger partial charge on any atom is 0.341 e. The third-order valence-electron chi connectivity index (χ3n) is 11.5. The summed E-state index contributed by atoms with van der Waals surface area (Å²) < 4.78 is 5.67. The monoisotopic (exact) mass is 879 g/mol. The van der Waals surface area contributed by atoms with Gasteiger partial charge >= 0.3 is 5.97 Å². The molecule has 1 heterocycles. The number of ketones is 4. The third kappa shape index (κ3) is 12.5. The molecule has 4 bridgehead atoms. The van der Waals surface area contributed by atoms with Gasteiger partial charge in [-0.15, -0.1) is 0 Å². The summed E-state index contributed by atoms with van der Waals surface area (Å²) in [5.74, 6) is -6.41. The number of phenolic OH excluding ortho intramolecular Hbond substituents is 1. The molecule has 0 spiro atoms. The van der Waals surface area contributed by atoms with Crippen molar-refractivity contribution in [1.82, 2.24) is 10.2 Å². The van der Waals surface area contributed by atoms with Crippen molar-refractivity contribution in [3.05, 3.63) is 107 Å². The molecule has 4 aromatic rings. The second-order valence-electron chi connectivity index (χ2n) is 16.4. The van der Waals surface area contributed by atoms with E-state index in [-0.39, 0.29) is 65.4 Å². The maximum absolute atomic E-state index is 14.7. The van der Waals surface area contributed by atoms with Gasteiger partial charge in [-0.25, -0.2) is 4.79 Å². The van der Waals surface area contributed by atoms with Crippen LogP contribution in [0.15, 0.2) is 84.9 Å². The molecule has 5 rings (SSSR count). The number of Topliss-reactive ketones (excluding diaryl/α,β-unsaturated/α-hetero) is 4. The highest BCUT2D eigenvalue weighted by Crippen LogP contribution is 2.40. The Balaban J connectivity index is 1.56. The van der Waals surface area contributed by atoms with Crippen LogP contribution in [-0.4, -0.2) is 82.3 Å². The number of rotatable bonds is 17. The fourth-order valence-corrected chi connectivity index (χ4v) is 7.86. The van der Waals surface area contributed by atoms with Gasteiger partial charge in [0.25, 0.3) is 0 Å². The van der Waals surface area contributed by atoms with Crippen molar-refractivity contribution in [2.45, 2.75) is 77.8 Å². The maximum atomic E-state index is 14.7. The van der Waals surface area contributed by atoms with E-state index in [2.05, 4.69) is 5.32 Å². The number of phenols is 1. The van der Waals surface area contributed by atoms with Crippen molar-refractivity contribution in [2.24, 2.45) is 23.5 Å². The standard InChI is InChI=1S/C49H54ClN3O10/c1-28(30(3)54)21-43(57)40-24-31-8-18-41(55)38(23-31)39-25-35(15-19-45(39)63-27-46(59)60)47(44(58)22-29(2)48(61)52-40)53(4)49(62)36(7-5-6-20-51)26-42(56)34-11-9-32(10-12-34)33-13-16-37(50)17-14-33/h8-19,23,25,28-29,36,40,47,55H,5-7,20-22,24,26-27,51H2,1-4H3,(H,52,61)(H,59,60)/t28-,29-,36-,40+,47+/m1/s1. The van der Waals surface area contributed by atoms with Gasteiger partial charge in [0, 0.05) is 65.8 Å². The zero-order chi connectivity index (χ0) is 46.0. The molecule has 0 fully saturated rings. The number of ether oxygens (including phenoxy) is 1. The topological polar surface area (TPSA) is 210 Å². The summed E-state index contributed by atoms with van der Waals surface area (Å²) in [4.78, 5) is 95.7. The molecule has 0 saturated carbocycles. The highest BCUT2D eigenvalue weighted by molar-refractivity contribution is 6.30. The van der Waals surface area contributed by atoms with Gasteiger partial charge in [0.05, 0.1) is 6.04 Å². The van der Waals surface area contributed by atoms with Crippen molar-refractivity contribution >= 4 is 52.5 Å². The number of amides is 2. The van der Waals surface area contributed by atoms with Crippen LogP contribution in [0, 0.1) is 17.8 Å². The van der Waals surface area contributed by atoms with E-state index in [9.17, 15) is 43.8 Å². The van der Waals surface area contributed by atoms with Crippen LogP contribution < -0.4 is 15.8 Å². The van der Waals surface area contributed by atoms with Crippen molar-refractivity contribution in [3.8, 4) is 33.8 Å². The summed E-state index contributed by atoms with van der Waals surface area (Å²) >= 11 is 6.06. The SMILES string of the molecule is CC(=O)[C@H](C)CC(=O)[C@@H]1Cc2ccc(O)c(c2)-c2cc(ccc2OCC(=O)O)[C@H](N(C)C(=O)[C@H](CCCCN)CC(=O)c2ccc(-c3ccc(Cl)cc3)cc2)C(=O)C[C@@H](C)C(=O)N1. The normalized spacial score (nSPS) is 17.4. The lowest BCUT2D eigenvalue weighted by Gasteiger charge is -2.32. The number of carboxylic acids is 1. The predicted octanol–water partition coefficient (Wildman–Crippen LogP) is 7.18. The number of aliphatic carboxylic acids is 1. The second kappa shape index (κ2) is 21.8. The van der Waals surface area contributed by atoms with Crippen LogP contribution in [0.2, 0.25) is 5.02 Å². The summed E-state index contributed by atoms with van der Waals surface area (Å²) in [5.41, 5.74) is 9.16. The molecule has 0 saturated heterocycles. The van der Waals surface area contributed by atoms with Crippen LogP contribution in [0.1, 0.15) is 86.8 Å².